The van der Waals surface area contributed by atoms with Gasteiger partial charge in [0.25, 0.3) is 0 Å². The molecule has 1 aromatic carbocycles. The van der Waals surface area contributed by atoms with E-state index < -0.39 is 0 Å². The lowest BCUT2D eigenvalue weighted by Gasteiger charge is -2.15. The van der Waals surface area contributed by atoms with Crippen molar-refractivity contribution >= 4 is 27.4 Å². The molecule has 0 aliphatic rings. The summed E-state index contributed by atoms with van der Waals surface area (Å²) >= 11 is 1.58. The van der Waals surface area contributed by atoms with E-state index in [0.717, 1.165) is 22.0 Å². The molecule has 0 aliphatic carbocycles. The van der Waals surface area contributed by atoms with Gasteiger partial charge in [0.15, 0.2) is 5.13 Å². The molecule has 0 amide bonds. The van der Waals surface area contributed by atoms with Crippen LogP contribution in [0.2, 0.25) is 0 Å². The topological polar surface area (TPSA) is 53.9 Å². The van der Waals surface area contributed by atoms with Gasteiger partial charge in [-0.15, -0.1) is 11.3 Å². The minimum absolute atomic E-state index is 0.0725. The van der Waals surface area contributed by atoms with E-state index in [1.807, 2.05) is 23.7 Å². The third-order valence-corrected chi connectivity index (χ3v) is 4.50. The summed E-state index contributed by atoms with van der Waals surface area (Å²) in [4.78, 5) is 7.71. The Morgan fingerprint density at radius 1 is 1.27 bits per heavy atom. The fourth-order valence-electron chi connectivity index (χ4n) is 2.74. The van der Waals surface area contributed by atoms with Crippen LogP contribution in [0.5, 0.6) is 0 Å². The Balaban J connectivity index is 1.84. The highest BCUT2D eigenvalue weighted by Gasteiger charge is 2.21. The number of benzene rings is 1. The lowest BCUT2D eigenvalue weighted by Crippen LogP contribution is -2.11. The highest BCUT2D eigenvalue weighted by Crippen LogP contribution is 2.33. The van der Waals surface area contributed by atoms with Crippen molar-refractivity contribution in [2.45, 2.75) is 13.0 Å². The van der Waals surface area contributed by atoms with Crippen LogP contribution in [0.25, 0.3) is 10.9 Å². The second-order valence-corrected chi connectivity index (χ2v) is 6.07. The molecule has 4 rings (SSSR count). The third-order valence-electron chi connectivity index (χ3n) is 3.79. The number of fused-ring (bicyclic) bond motifs is 1. The molecule has 0 spiro atoms. The Morgan fingerprint density at radius 3 is 3.00 bits per heavy atom. The first kappa shape index (κ1) is 13.2. The second-order valence-electron chi connectivity index (χ2n) is 5.17. The monoisotopic (exact) mass is 309 g/mol. The fourth-order valence-corrected chi connectivity index (χ4v) is 3.30. The second kappa shape index (κ2) is 5.35. The molecule has 0 bridgehead atoms. The van der Waals surface area contributed by atoms with E-state index in [-0.39, 0.29) is 6.04 Å². The van der Waals surface area contributed by atoms with Crippen LogP contribution >= 0.6 is 11.3 Å². The van der Waals surface area contributed by atoms with Crippen molar-refractivity contribution in [1.82, 2.24) is 9.97 Å². The van der Waals surface area contributed by atoms with E-state index in [1.54, 1.807) is 23.8 Å². The predicted octanol–water partition coefficient (Wildman–Crippen LogP) is 4.73. The van der Waals surface area contributed by atoms with Crippen LogP contribution in [0.4, 0.5) is 5.13 Å². The Kier molecular flexibility index (Phi) is 3.20. The standard InChI is InChI=1S/C17H15N3OS/c1-11-4-2-5-12-13(10-19-15(11)12)16(14-6-3-8-21-14)20-17-18-7-9-22-17/h2-10,16,19H,1H3,(H,18,20). The van der Waals surface area contributed by atoms with Crippen LogP contribution in [0.15, 0.2) is 58.8 Å². The van der Waals surface area contributed by atoms with Gasteiger partial charge in [0.05, 0.1) is 6.26 Å². The molecule has 4 aromatic rings. The van der Waals surface area contributed by atoms with Gasteiger partial charge in [-0.3, -0.25) is 0 Å². The Morgan fingerprint density at radius 2 is 2.23 bits per heavy atom. The van der Waals surface area contributed by atoms with E-state index in [9.17, 15) is 0 Å². The summed E-state index contributed by atoms with van der Waals surface area (Å²) in [6.07, 6.45) is 5.54. The van der Waals surface area contributed by atoms with Gasteiger partial charge in [-0.1, -0.05) is 18.2 Å². The molecule has 1 atom stereocenters. The number of aryl methyl sites for hydroxylation is 1. The maximum atomic E-state index is 5.65. The van der Waals surface area contributed by atoms with Gasteiger partial charge in [0.1, 0.15) is 11.8 Å². The number of furan rings is 1. The minimum atomic E-state index is -0.0725. The first-order valence-corrected chi connectivity index (χ1v) is 7.97. The van der Waals surface area contributed by atoms with E-state index >= 15 is 0 Å². The SMILES string of the molecule is Cc1cccc2c(C(Nc3nccs3)c3ccco3)c[nH]c12. The van der Waals surface area contributed by atoms with Crippen molar-refractivity contribution < 1.29 is 4.42 Å². The van der Waals surface area contributed by atoms with E-state index in [4.69, 9.17) is 4.42 Å². The van der Waals surface area contributed by atoms with Gasteiger partial charge in [-0.2, -0.15) is 0 Å². The van der Waals surface area contributed by atoms with Crippen molar-refractivity contribution in [3.05, 3.63) is 71.3 Å². The van der Waals surface area contributed by atoms with E-state index in [2.05, 4.69) is 40.4 Å². The molecule has 2 N–H and O–H groups in total. The third kappa shape index (κ3) is 2.19. The summed E-state index contributed by atoms with van der Waals surface area (Å²) in [7, 11) is 0. The molecule has 3 aromatic heterocycles. The first-order valence-electron chi connectivity index (χ1n) is 7.09. The molecule has 5 heteroatoms. The van der Waals surface area contributed by atoms with Crippen molar-refractivity contribution in [2.24, 2.45) is 0 Å². The molecule has 1 unspecified atom stereocenters. The zero-order valence-electron chi connectivity index (χ0n) is 12.0. The predicted molar refractivity (Wildman–Crippen MR) is 89.3 cm³/mol. The van der Waals surface area contributed by atoms with E-state index in [0.29, 0.717) is 0 Å². The number of hydrogen-bond donors (Lipinski definition) is 2. The van der Waals surface area contributed by atoms with Crippen molar-refractivity contribution in [3.63, 3.8) is 0 Å². The van der Waals surface area contributed by atoms with Crippen LogP contribution in [0.3, 0.4) is 0 Å². The minimum Gasteiger partial charge on any atom is -0.467 e. The normalized spacial score (nSPS) is 12.6. The number of nitrogens with zero attached hydrogens (tertiary/aromatic N) is 1. The number of H-pyrrole nitrogens is 1. The van der Waals surface area contributed by atoms with Crippen molar-refractivity contribution in [3.8, 4) is 0 Å². The maximum absolute atomic E-state index is 5.65. The average molecular weight is 309 g/mol. The molecule has 0 saturated heterocycles. The van der Waals surface area contributed by atoms with Gasteiger partial charge in [0, 0.05) is 34.2 Å². The number of thiazole rings is 1. The zero-order chi connectivity index (χ0) is 14.9. The summed E-state index contributed by atoms with van der Waals surface area (Å²) in [6.45, 7) is 2.11. The van der Waals surface area contributed by atoms with E-state index in [1.165, 1.54) is 10.9 Å². The molecule has 110 valence electrons. The number of rotatable bonds is 4. The Hall–Kier alpha value is -2.53. The van der Waals surface area contributed by atoms with Gasteiger partial charge in [-0.25, -0.2) is 4.98 Å². The van der Waals surface area contributed by atoms with Crippen LogP contribution < -0.4 is 5.32 Å². The fraction of sp³-hybridized carbons (Fsp3) is 0.118. The number of nitrogens with one attached hydrogen (secondary N) is 2. The molecule has 0 fully saturated rings. The maximum Gasteiger partial charge on any atom is 0.183 e. The molecular weight excluding hydrogens is 294 g/mol. The van der Waals surface area contributed by atoms with Crippen LogP contribution in [-0.2, 0) is 0 Å². The van der Waals surface area contributed by atoms with Gasteiger partial charge in [-0.05, 0) is 24.6 Å². The van der Waals surface area contributed by atoms with Gasteiger partial charge >= 0.3 is 0 Å². The summed E-state index contributed by atoms with van der Waals surface area (Å²) in [6, 6.07) is 10.1. The molecular formula is C17H15N3OS. The summed E-state index contributed by atoms with van der Waals surface area (Å²) in [5, 5.41) is 7.51. The van der Waals surface area contributed by atoms with Gasteiger partial charge < -0.3 is 14.7 Å². The molecule has 0 radical (unpaired) electrons. The highest BCUT2D eigenvalue weighted by atomic mass is 32.1. The average Bonchev–Trinajstić information content (AvgIpc) is 3.27. The molecule has 4 nitrogen and oxygen atoms in total. The van der Waals surface area contributed by atoms with Crippen molar-refractivity contribution in [2.75, 3.05) is 5.32 Å². The zero-order valence-corrected chi connectivity index (χ0v) is 12.9. The molecule has 0 aliphatic heterocycles. The number of aromatic amines is 1. The quantitative estimate of drug-likeness (QED) is 0.573. The van der Waals surface area contributed by atoms with Crippen LogP contribution in [-0.4, -0.2) is 9.97 Å². The number of anilines is 1. The lowest BCUT2D eigenvalue weighted by molar-refractivity contribution is 0.499. The number of aromatic nitrogens is 2. The van der Waals surface area contributed by atoms with Crippen LogP contribution in [0, 0.1) is 6.92 Å². The summed E-state index contributed by atoms with van der Waals surface area (Å²) < 4.78 is 5.65. The Labute approximate surface area is 131 Å². The first-order chi connectivity index (χ1) is 10.8. The highest BCUT2D eigenvalue weighted by molar-refractivity contribution is 7.13. The Bertz CT molecular complexity index is 878. The lowest BCUT2D eigenvalue weighted by atomic mass is 10.0. The van der Waals surface area contributed by atoms with Gasteiger partial charge in [0.2, 0.25) is 0 Å². The number of hydrogen-bond acceptors (Lipinski definition) is 4. The summed E-state index contributed by atoms with van der Waals surface area (Å²) in [5.74, 6) is 0.873. The molecule has 0 saturated carbocycles. The number of para-hydroxylation sites is 1. The molecule has 22 heavy (non-hydrogen) atoms. The largest absolute Gasteiger partial charge is 0.467 e. The summed E-state index contributed by atoms with van der Waals surface area (Å²) in [5.41, 5.74) is 3.55. The van der Waals surface area contributed by atoms with Crippen molar-refractivity contribution in [1.29, 1.82) is 0 Å². The molecule has 3 heterocycles. The van der Waals surface area contributed by atoms with Crippen LogP contribution in [0.1, 0.15) is 22.9 Å². The smallest absolute Gasteiger partial charge is 0.183 e.